The van der Waals surface area contributed by atoms with E-state index in [1.165, 1.54) is 12.1 Å². The summed E-state index contributed by atoms with van der Waals surface area (Å²) in [7, 11) is 0. The van der Waals surface area contributed by atoms with Crippen LogP contribution in [-0.4, -0.2) is 38.8 Å². The Labute approximate surface area is 163 Å². The largest absolute Gasteiger partial charge is 0.481 e. The van der Waals surface area contributed by atoms with Crippen molar-refractivity contribution in [2.75, 3.05) is 13.1 Å². The van der Waals surface area contributed by atoms with Gasteiger partial charge in [0.1, 0.15) is 5.82 Å². The molecule has 0 bridgehead atoms. The van der Waals surface area contributed by atoms with Crippen molar-refractivity contribution in [2.24, 2.45) is 5.41 Å². The highest BCUT2D eigenvalue weighted by Crippen LogP contribution is 2.33. The second-order valence-corrected chi connectivity index (χ2v) is 7.62. The van der Waals surface area contributed by atoms with Crippen LogP contribution >= 0.6 is 0 Å². The standard InChI is InChI=1S/C22H22FN3O2/c1-22(21(27)28)11-12-25(15-22)13-17-14-26(19-5-3-2-4-6-19)24-20(17)16-7-9-18(23)10-8-16/h2-10,14H,11-13,15H2,1H3,(H,27,28). The lowest BCUT2D eigenvalue weighted by atomic mass is 9.90. The van der Waals surface area contributed by atoms with E-state index in [1.54, 1.807) is 19.1 Å². The molecule has 1 N–H and O–H groups in total. The molecule has 4 rings (SSSR count). The zero-order valence-electron chi connectivity index (χ0n) is 15.7. The van der Waals surface area contributed by atoms with Crippen LogP contribution in [0.3, 0.4) is 0 Å². The molecule has 1 atom stereocenters. The summed E-state index contributed by atoms with van der Waals surface area (Å²) in [6.45, 7) is 3.62. The van der Waals surface area contributed by atoms with Gasteiger partial charge < -0.3 is 5.11 Å². The van der Waals surface area contributed by atoms with Crippen LogP contribution in [0.4, 0.5) is 4.39 Å². The van der Waals surface area contributed by atoms with Crippen molar-refractivity contribution in [1.29, 1.82) is 0 Å². The van der Waals surface area contributed by atoms with E-state index in [0.717, 1.165) is 29.1 Å². The van der Waals surface area contributed by atoms with Gasteiger partial charge in [-0.15, -0.1) is 0 Å². The SMILES string of the molecule is CC1(C(=O)O)CCN(Cc2cn(-c3ccccc3)nc2-c2ccc(F)cc2)C1. The molecule has 0 aliphatic carbocycles. The molecule has 28 heavy (non-hydrogen) atoms. The second-order valence-electron chi connectivity index (χ2n) is 7.62. The molecule has 0 radical (unpaired) electrons. The van der Waals surface area contributed by atoms with Gasteiger partial charge in [-0.3, -0.25) is 9.69 Å². The van der Waals surface area contributed by atoms with Gasteiger partial charge in [0.2, 0.25) is 0 Å². The van der Waals surface area contributed by atoms with E-state index in [4.69, 9.17) is 5.10 Å². The number of benzene rings is 2. The van der Waals surface area contributed by atoms with Crippen molar-refractivity contribution in [2.45, 2.75) is 19.9 Å². The number of para-hydroxylation sites is 1. The molecule has 144 valence electrons. The highest BCUT2D eigenvalue weighted by atomic mass is 19.1. The number of carboxylic acid groups (broad SMARTS) is 1. The summed E-state index contributed by atoms with van der Waals surface area (Å²) < 4.78 is 15.2. The Morgan fingerprint density at radius 2 is 1.89 bits per heavy atom. The highest BCUT2D eigenvalue weighted by Gasteiger charge is 2.40. The van der Waals surface area contributed by atoms with Crippen molar-refractivity contribution in [3.8, 4) is 16.9 Å². The van der Waals surface area contributed by atoms with Gasteiger partial charge in [0, 0.05) is 30.4 Å². The third kappa shape index (κ3) is 3.55. The summed E-state index contributed by atoms with van der Waals surface area (Å²) in [5.74, 6) is -1.04. The van der Waals surface area contributed by atoms with Crippen LogP contribution in [0.5, 0.6) is 0 Å². The van der Waals surface area contributed by atoms with Crippen LogP contribution in [-0.2, 0) is 11.3 Å². The first kappa shape index (κ1) is 18.4. The number of carbonyl (C=O) groups is 1. The zero-order chi connectivity index (χ0) is 19.7. The lowest BCUT2D eigenvalue weighted by Gasteiger charge is -2.20. The molecule has 1 unspecified atom stereocenters. The van der Waals surface area contributed by atoms with Gasteiger partial charge in [0.15, 0.2) is 0 Å². The quantitative estimate of drug-likeness (QED) is 0.729. The maximum absolute atomic E-state index is 13.4. The highest BCUT2D eigenvalue weighted by molar-refractivity contribution is 5.75. The first-order chi connectivity index (χ1) is 13.4. The Hall–Kier alpha value is -2.99. The van der Waals surface area contributed by atoms with E-state index >= 15 is 0 Å². The summed E-state index contributed by atoms with van der Waals surface area (Å²) in [6, 6.07) is 16.1. The molecule has 0 spiro atoms. The molecule has 0 saturated carbocycles. The van der Waals surface area contributed by atoms with Gasteiger partial charge in [-0.25, -0.2) is 9.07 Å². The normalized spacial score (nSPS) is 19.8. The van der Waals surface area contributed by atoms with Crippen LogP contribution in [0.1, 0.15) is 18.9 Å². The van der Waals surface area contributed by atoms with E-state index < -0.39 is 11.4 Å². The molecule has 1 aliphatic heterocycles. The number of aromatic nitrogens is 2. The summed E-state index contributed by atoms with van der Waals surface area (Å²) in [5, 5.41) is 14.2. The zero-order valence-corrected chi connectivity index (χ0v) is 15.7. The number of hydrogen-bond acceptors (Lipinski definition) is 3. The predicted molar refractivity (Wildman–Crippen MR) is 105 cm³/mol. The van der Waals surface area contributed by atoms with Gasteiger partial charge in [0.05, 0.1) is 16.8 Å². The minimum absolute atomic E-state index is 0.287. The van der Waals surface area contributed by atoms with Crippen LogP contribution in [0.2, 0.25) is 0 Å². The van der Waals surface area contributed by atoms with Gasteiger partial charge in [-0.1, -0.05) is 18.2 Å². The Morgan fingerprint density at radius 1 is 1.18 bits per heavy atom. The molecule has 1 fully saturated rings. The van der Waals surface area contributed by atoms with Crippen LogP contribution < -0.4 is 0 Å². The first-order valence-electron chi connectivity index (χ1n) is 9.30. The smallest absolute Gasteiger partial charge is 0.310 e. The van der Waals surface area contributed by atoms with Crippen molar-refractivity contribution < 1.29 is 14.3 Å². The summed E-state index contributed by atoms with van der Waals surface area (Å²) in [6.07, 6.45) is 2.60. The molecular weight excluding hydrogens is 357 g/mol. The fraction of sp³-hybridized carbons (Fsp3) is 0.273. The maximum Gasteiger partial charge on any atom is 0.310 e. The van der Waals surface area contributed by atoms with E-state index in [9.17, 15) is 14.3 Å². The number of halogens is 1. The Balaban J connectivity index is 1.68. The summed E-state index contributed by atoms with van der Waals surface area (Å²) in [5.41, 5.74) is 2.84. The van der Waals surface area contributed by atoms with Crippen LogP contribution in [0.15, 0.2) is 60.8 Å². The number of nitrogens with zero attached hydrogens (tertiary/aromatic N) is 3. The molecule has 6 heteroatoms. The second kappa shape index (κ2) is 7.20. The van der Waals surface area contributed by atoms with E-state index in [0.29, 0.717) is 19.5 Å². The van der Waals surface area contributed by atoms with Gasteiger partial charge in [0.25, 0.3) is 0 Å². The van der Waals surface area contributed by atoms with Crippen molar-refractivity contribution in [3.63, 3.8) is 0 Å². The molecule has 0 amide bonds. The molecule has 2 aromatic carbocycles. The van der Waals surface area contributed by atoms with Gasteiger partial charge in [-0.2, -0.15) is 5.10 Å². The molecule has 1 saturated heterocycles. The fourth-order valence-electron chi connectivity index (χ4n) is 3.70. The third-order valence-electron chi connectivity index (χ3n) is 5.39. The summed E-state index contributed by atoms with van der Waals surface area (Å²) >= 11 is 0. The average Bonchev–Trinajstić information content (AvgIpc) is 3.28. The number of carboxylic acids is 1. The van der Waals surface area contributed by atoms with E-state index in [2.05, 4.69) is 4.90 Å². The number of rotatable bonds is 5. The molecule has 3 aromatic rings. The fourth-order valence-corrected chi connectivity index (χ4v) is 3.70. The molecule has 5 nitrogen and oxygen atoms in total. The minimum Gasteiger partial charge on any atom is -0.481 e. The number of hydrogen-bond donors (Lipinski definition) is 1. The lowest BCUT2D eigenvalue weighted by molar-refractivity contribution is -0.147. The van der Waals surface area contributed by atoms with Crippen molar-refractivity contribution in [3.05, 3.63) is 72.2 Å². The molecule has 2 heterocycles. The monoisotopic (exact) mass is 379 g/mol. The minimum atomic E-state index is -0.756. The molecule has 1 aliphatic rings. The van der Waals surface area contributed by atoms with Gasteiger partial charge >= 0.3 is 5.97 Å². The number of aliphatic carboxylic acids is 1. The molecule has 1 aromatic heterocycles. The Morgan fingerprint density at radius 3 is 2.54 bits per heavy atom. The first-order valence-corrected chi connectivity index (χ1v) is 9.30. The Bertz CT molecular complexity index is 985. The van der Waals surface area contributed by atoms with E-state index in [-0.39, 0.29) is 5.82 Å². The Kier molecular flexibility index (Phi) is 4.73. The van der Waals surface area contributed by atoms with Crippen LogP contribution in [0, 0.1) is 11.2 Å². The van der Waals surface area contributed by atoms with Crippen LogP contribution in [0.25, 0.3) is 16.9 Å². The number of likely N-dealkylation sites (tertiary alicyclic amines) is 1. The lowest BCUT2D eigenvalue weighted by Crippen LogP contribution is -2.31. The molecular formula is C22H22FN3O2. The van der Waals surface area contributed by atoms with Crippen molar-refractivity contribution >= 4 is 5.97 Å². The summed E-state index contributed by atoms with van der Waals surface area (Å²) in [4.78, 5) is 13.7. The third-order valence-corrected chi connectivity index (χ3v) is 5.39. The predicted octanol–water partition coefficient (Wildman–Crippen LogP) is 3.98. The van der Waals surface area contributed by atoms with Crippen molar-refractivity contribution in [1.82, 2.24) is 14.7 Å². The maximum atomic E-state index is 13.4. The average molecular weight is 379 g/mol. The van der Waals surface area contributed by atoms with Gasteiger partial charge in [-0.05, 0) is 56.3 Å². The topological polar surface area (TPSA) is 58.4 Å². The van der Waals surface area contributed by atoms with E-state index in [1.807, 2.05) is 41.2 Å².